The fourth-order valence-corrected chi connectivity index (χ4v) is 2.38. The first kappa shape index (κ1) is 11.2. The first-order valence-electron chi connectivity index (χ1n) is 6.35. The smallest absolute Gasteiger partial charge is 0.104 e. The van der Waals surface area contributed by atoms with Gasteiger partial charge in [0.2, 0.25) is 0 Å². The van der Waals surface area contributed by atoms with Crippen LogP contribution in [0, 0.1) is 0 Å². The van der Waals surface area contributed by atoms with Gasteiger partial charge in [0.1, 0.15) is 6.10 Å². The second-order valence-electron chi connectivity index (χ2n) is 4.54. The summed E-state index contributed by atoms with van der Waals surface area (Å²) in [6, 6.07) is 20.9. The number of rotatable bonds is 2. The summed E-state index contributed by atoms with van der Waals surface area (Å²) >= 11 is 0. The Kier molecular flexibility index (Phi) is 3.24. The highest BCUT2D eigenvalue weighted by molar-refractivity contribution is 5.55. The highest BCUT2D eigenvalue weighted by Gasteiger charge is 2.22. The minimum Gasteiger partial charge on any atom is -0.369 e. The van der Waals surface area contributed by atoms with Crippen LogP contribution in [0.1, 0.15) is 23.7 Å². The molecule has 0 aliphatic carbocycles. The first-order chi connectivity index (χ1) is 8.93. The summed E-state index contributed by atoms with van der Waals surface area (Å²) in [6.45, 7) is 0.818. The largest absolute Gasteiger partial charge is 0.369 e. The van der Waals surface area contributed by atoms with Gasteiger partial charge in [0.25, 0.3) is 0 Å². The molecule has 3 rings (SSSR count). The zero-order chi connectivity index (χ0) is 12.2. The molecular formula is C17H16O. The van der Waals surface area contributed by atoms with Crippen LogP contribution in [0.25, 0.3) is 6.08 Å². The molecule has 1 aliphatic heterocycles. The number of hydrogen-bond acceptors (Lipinski definition) is 1. The highest BCUT2D eigenvalue weighted by atomic mass is 16.5. The second kappa shape index (κ2) is 5.19. The van der Waals surface area contributed by atoms with Crippen LogP contribution in [0.2, 0.25) is 0 Å². The SMILES string of the molecule is C(=C1\CCOC1c1ccccc1)/c1ccccc1. The standard InChI is InChI=1S/C17H16O/c1-3-7-14(8-4-1)13-16-11-12-18-17(16)15-9-5-2-6-10-15/h1-10,13,17H,11-12H2/b16-13-. The molecule has 0 radical (unpaired) electrons. The molecule has 2 aromatic rings. The summed E-state index contributed by atoms with van der Waals surface area (Å²) < 4.78 is 5.86. The maximum absolute atomic E-state index is 5.86. The molecule has 0 spiro atoms. The van der Waals surface area contributed by atoms with Gasteiger partial charge in [-0.05, 0) is 23.1 Å². The van der Waals surface area contributed by atoms with Crippen molar-refractivity contribution in [1.29, 1.82) is 0 Å². The van der Waals surface area contributed by atoms with E-state index in [0.717, 1.165) is 13.0 Å². The molecule has 0 amide bonds. The van der Waals surface area contributed by atoms with Crippen molar-refractivity contribution in [2.75, 3.05) is 6.61 Å². The molecule has 1 fully saturated rings. The van der Waals surface area contributed by atoms with Gasteiger partial charge in [0.15, 0.2) is 0 Å². The van der Waals surface area contributed by atoms with E-state index in [2.05, 4.69) is 54.6 Å². The average molecular weight is 236 g/mol. The van der Waals surface area contributed by atoms with E-state index in [1.165, 1.54) is 16.7 Å². The Hall–Kier alpha value is -1.86. The molecule has 1 aliphatic rings. The van der Waals surface area contributed by atoms with Crippen LogP contribution in [0.4, 0.5) is 0 Å². The molecule has 18 heavy (non-hydrogen) atoms. The van der Waals surface area contributed by atoms with E-state index < -0.39 is 0 Å². The summed E-state index contributed by atoms with van der Waals surface area (Å²) in [5.74, 6) is 0. The van der Waals surface area contributed by atoms with E-state index in [1.807, 2.05) is 12.1 Å². The average Bonchev–Trinajstić information content (AvgIpc) is 2.89. The summed E-state index contributed by atoms with van der Waals surface area (Å²) in [4.78, 5) is 0. The Morgan fingerprint density at radius 1 is 0.889 bits per heavy atom. The molecular weight excluding hydrogens is 220 g/mol. The summed E-state index contributed by atoms with van der Waals surface area (Å²) in [5.41, 5.74) is 3.86. The Morgan fingerprint density at radius 3 is 2.28 bits per heavy atom. The van der Waals surface area contributed by atoms with Crippen LogP contribution in [0.5, 0.6) is 0 Å². The van der Waals surface area contributed by atoms with Crippen molar-refractivity contribution in [1.82, 2.24) is 0 Å². The number of ether oxygens (including phenoxy) is 1. The minimum atomic E-state index is 0.131. The normalized spacial score (nSPS) is 21.3. The summed E-state index contributed by atoms with van der Waals surface area (Å²) in [5, 5.41) is 0. The van der Waals surface area contributed by atoms with Crippen molar-refractivity contribution in [2.45, 2.75) is 12.5 Å². The lowest BCUT2D eigenvalue weighted by Gasteiger charge is -2.12. The third-order valence-electron chi connectivity index (χ3n) is 3.27. The maximum Gasteiger partial charge on any atom is 0.104 e. The number of hydrogen-bond donors (Lipinski definition) is 0. The number of benzene rings is 2. The van der Waals surface area contributed by atoms with Crippen molar-refractivity contribution in [2.24, 2.45) is 0 Å². The van der Waals surface area contributed by atoms with Gasteiger partial charge in [-0.25, -0.2) is 0 Å². The minimum absolute atomic E-state index is 0.131. The molecule has 0 saturated carbocycles. The lowest BCUT2D eigenvalue weighted by Crippen LogP contribution is -1.97. The highest BCUT2D eigenvalue weighted by Crippen LogP contribution is 2.34. The van der Waals surface area contributed by atoms with E-state index in [1.54, 1.807) is 0 Å². The molecule has 1 atom stereocenters. The van der Waals surface area contributed by atoms with Gasteiger partial charge in [-0.1, -0.05) is 66.7 Å². The predicted octanol–water partition coefficient (Wildman–Crippen LogP) is 4.23. The molecule has 1 nitrogen and oxygen atoms in total. The second-order valence-corrected chi connectivity index (χ2v) is 4.54. The molecule has 1 unspecified atom stereocenters. The summed E-state index contributed by atoms with van der Waals surface area (Å²) in [6.07, 6.45) is 3.41. The molecule has 90 valence electrons. The third kappa shape index (κ3) is 2.36. The van der Waals surface area contributed by atoms with Gasteiger partial charge in [0, 0.05) is 0 Å². The topological polar surface area (TPSA) is 9.23 Å². The van der Waals surface area contributed by atoms with Crippen LogP contribution >= 0.6 is 0 Å². The van der Waals surface area contributed by atoms with Crippen LogP contribution in [-0.2, 0) is 4.74 Å². The Bertz CT molecular complexity index is 528. The van der Waals surface area contributed by atoms with Gasteiger partial charge in [-0.2, -0.15) is 0 Å². The third-order valence-corrected chi connectivity index (χ3v) is 3.27. The van der Waals surface area contributed by atoms with Crippen LogP contribution < -0.4 is 0 Å². The molecule has 1 heterocycles. The predicted molar refractivity (Wildman–Crippen MR) is 74.2 cm³/mol. The van der Waals surface area contributed by atoms with E-state index in [4.69, 9.17) is 4.74 Å². The van der Waals surface area contributed by atoms with Gasteiger partial charge in [-0.15, -0.1) is 0 Å². The monoisotopic (exact) mass is 236 g/mol. The Labute approximate surface area is 108 Å². The first-order valence-corrected chi connectivity index (χ1v) is 6.35. The lowest BCUT2D eigenvalue weighted by molar-refractivity contribution is 0.125. The summed E-state index contributed by atoms with van der Waals surface area (Å²) in [7, 11) is 0. The van der Waals surface area contributed by atoms with Crippen LogP contribution in [0.15, 0.2) is 66.2 Å². The molecule has 0 aromatic heterocycles. The van der Waals surface area contributed by atoms with Crippen LogP contribution in [0.3, 0.4) is 0 Å². The van der Waals surface area contributed by atoms with Crippen molar-refractivity contribution in [3.8, 4) is 0 Å². The van der Waals surface area contributed by atoms with Crippen LogP contribution in [-0.4, -0.2) is 6.61 Å². The van der Waals surface area contributed by atoms with Crippen molar-refractivity contribution >= 4 is 6.08 Å². The van der Waals surface area contributed by atoms with E-state index in [9.17, 15) is 0 Å². The van der Waals surface area contributed by atoms with Crippen molar-refractivity contribution in [3.05, 3.63) is 77.4 Å². The molecule has 1 saturated heterocycles. The van der Waals surface area contributed by atoms with Gasteiger partial charge < -0.3 is 4.74 Å². The lowest BCUT2D eigenvalue weighted by atomic mass is 9.99. The fraction of sp³-hybridized carbons (Fsp3) is 0.176. The van der Waals surface area contributed by atoms with Gasteiger partial charge in [0.05, 0.1) is 6.61 Å². The zero-order valence-corrected chi connectivity index (χ0v) is 10.3. The van der Waals surface area contributed by atoms with E-state index in [0.29, 0.717) is 0 Å². The Morgan fingerprint density at radius 2 is 1.56 bits per heavy atom. The molecule has 0 bridgehead atoms. The molecule has 2 aromatic carbocycles. The van der Waals surface area contributed by atoms with Gasteiger partial charge >= 0.3 is 0 Å². The van der Waals surface area contributed by atoms with Crippen molar-refractivity contribution < 1.29 is 4.74 Å². The quantitative estimate of drug-likeness (QED) is 0.758. The fourth-order valence-electron chi connectivity index (χ4n) is 2.38. The van der Waals surface area contributed by atoms with E-state index >= 15 is 0 Å². The zero-order valence-electron chi connectivity index (χ0n) is 10.3. The molecule has 0 N–H and O–H groups in total. The van der Waals surface area contributed by atoms with Gasteiger partial charge in [-0.3, -0.25) is 0 Å². The Balaban J connectivity index is 1.90. The maximum atomic E-state index is 5.86. The van der Waals surface area contributed by atoms with E-state index in [-0.39, 0.29) is 6.10 Å². The molecule has 1 heteroatoms. The van der Waals surface area contributed by atoms with Crippen molar-refractivity contribution in [3.63, 3.8) is 0 Å².